The van der Waals surface area contributed by atoms with Gasteiger partial charge in [-0.1, -0.05) is 17.7 Å². The van der Waals surface area contributed by atoms with E-state index in [9.17, 15) is 4.79 Å². The molecule has 0 radical (unpaired) electrons. The van der Waals surface area contributed by atoms with Crippen molar-refractivity contribution in [1.82, 2.24) is 0 Å². The number of nitrogens with two attached hydrogens (primary N) is 1. The van der Waals surface area contributed by atoms with Crippen LogP contribution in [0.4, 0.5) is 0 Å². The zero-order valence-electron chi connectivity index (χ0n) is 10.8. The Morgan fingerprint density at radius 2 is 1.68 bits per heavy atom. The Hall–Kier alpha value is -2.49. The highest BCUT2D eigenvalue weighted by Crippen LogP contribution is 2.27. The standard InChI is InChI=1S/C15H15NO3/c1-10-3-5-11(6-4-10)19-12-7-8-14(18-2)13(9-12)15(16)17/h3-9H,1-2H3,(H2,16,17). The molecule has 0 aliphatic carbocycles. The van der Waals surface area contributed by atoms with E-state index in [1.165, 1.54) is 7.11 Å². The third-order valence-electron chi connectivity index (χ3n) is 2.69. The average molecular weight is 257 g/mol. The molecule has 0 fully saturated rings. The Bertz CT molecular complexity index is 591. The van der Waals surface area contributed by atoms with E-state index in [1.54, 1.807) is 18.2 Å². The first-order valence-corrected chi connectivity index (χ1v) is 5.82. The molecule has 0 aliphatic heterocycles. The van der Waals surface area contributed by atoms with Crippen LogP contribution in [0.25, 0.3) is 0 Å². The summed E-state index contributed by atoms with van der Waals surface area (Å²) in [7, 11) is 1.49. The number of benzene rings is 2. The second-order valence-corrected chi connectivity index (χ2v) is 4.14. The number of ether oxygens (including phenoxy) is 2. The normalized spacial score (nSPS) is 10.0. The van der Waals surface area contributed by atoms with Crippen LogP contribution >= 0.6 is 0 Å². The van der Waals surface area contributed by atoms with Crippen LogP contribution in [0, 0.1) is 6.92 Å². The fourth-order valence-corrected chi connectivity index (χ4v) is 1.69. The molecule has 2 rings (SSSR count). The minimum absolute atomic E-state index is 0.298. The summed E-state index contributed by atoms with van der Waals surface area (Å²) in [6.45, 7) is 2.00. The van der Waals surface area contributed by atoms with E-state index in [1.807, 2.05) is 31.2 Å². The van der Waals surface area contributed by atoms with Gasteiger partial charge in [-0.15, -0.1) is 0 Å². The summed E-state index contributed by atoms with van der Waals surface area (Å²) in [6, 6.07) is 12.6. The number of aryl methyl sites for hydroxylation is 1. The minimum Gasteiger partial charge on any atom is -0.496 e. The first kappa shape index (κ1) is 13.0. The van der Waals surface area contributed by atoms with E-state index in [2.05, 4.69) is 0 Å². The molecule has 0 saturated heterocycles. The van der Waals surface area contributed by atoms with Crippen LogP contribution in [-0.4, -0.2) is 13.0 Å². The Morgan fingerprint density at radius 1 is 1.05 bits per heavy atom. The first-order chi connectivity index (χ1) is 9.10. The molecule has 4 heteroatoms. The van der Waals surface area contributed by atoms with Crippen LogP contribution in [0.5, 0.6) is 17.2 Å². The third-order valence-corrected chi connectivity index (χ3v) is 2.69. The molecule has 0 aromatic heterocycles. The molecule has 0 atom stereocenters. The lowest BCUT2D eigenvalue weighted by Crippen LogP contribution is -2.12. The highest BCUT2D eigenvalue weighted by Gasteiger charge is 2.10. The maximum Gasteiger partial charge on any atom is 0.252 e. The molecule has 1 amide bonds. The van der Waals surface area contributed by atoms with Gasteiger partial charge in [0.25, 0.3) is 5.91 Å². The lowest BCUT2D eigenvalue weighted by molar-refractivity contribution is 0.0997. The van der Waals surface area contributed by atoms with Crippen molar-refractivity contribution >= 4 is 5.91 Å². The van der Waals surface area contributed by atoms with E-state index < -0.39 is 5.91 Å². The van der Waals surface area contributed by atoms with Gasteiger partial charge in [0, 0.05) is 0 Å². The van der Waals surface area contributed by atoms with Crippen molar-refractivity contribution in [3.63, 3.8) is 0 Å². The molecule has 0 heterocycles. The Kier molecular flexibility index (Phi) is 3.71. The minimum atomic E-state index is -0.550. The molecule has 4 nitrogen and oxygen atoms in total. The highest BCUT2D eigenvalue weighted by atomic mass is 16.5. The van der Waals surface area contributed by atoms with Crippen molar-refractivity contribution in [1.29, 1.82) is 0 Å². The van der Waals surface area contributed by atoms with Crippen LogP contribution < -0.4 is 15.2 Å². The molecule has 0 aliphatic rings. The molecular formula is C15H15NO3. The summed E-state index contributed by atoms with van der Waals surface area (Å²) >= 11 is 0. The van der Waals surface area contributed by atoms with E-state index in [0.29, 0.717) is 22.8 Å². The van der Waals surface area contributed by atoms with Gasteiger partial charge in [0.1, 0.15) is 17.2 Å². The number of carbonyl (C=O) groups excluding carboxylic acids is 1. The number of rotatable bonds is 4. The van der Waals surface area contributed by atoms with Crippen LogP contribution in [-0.2, 0) is 0 Å². The lowest BCUT2D eigenvalue weighted by atomic mass is 10.2. The van der Waals surface area contributed by atoms with Gasteiger partial charge in [-0.2, -0.15) is 0 Å². The van der Waals surface area contributed by atoms with Crippen LogP contribution in [0.15, 0.2) is 42.5 Å². The van der Waals surface area contributed by atoms with Crippen LogP contribution in [0.1, 0.15) is 15.9 Å². The second-order valence-electron chi connectivity index (χ2n) is 4.14. The van der Waals surface area contributed by atoms with E-state index in [0.717, 1.165) is 5.56 Å². The predicted octanol–water partition coefficient (Wildman–Crippen LogP) is 2.89. The molecule has 2 aromatic carbocycles. The summed E-state index contributed by atoms with van der Waals surface area (Å²) < 4.78 is 10.7. The summed E-state index contributed by atoms with van der Waals surface area (Å²) in [5, 5.41) is 0. The molecule has 0 unspecified atom stereocenters. The quantitative estimate of drug-likeness (QED) is 0.916. The Balaban J connectivity index is 2.28. The fourth-order valence-electron chi connectivity index (χ4n) is 1.69. The fraction of sp³-hybridized carbons (Fsp3) is 0.133. The number of hydrogen-bond donors (Lipinski definition) is 1. The molecule has 98 valence electrons. The van der Waals surface area contributed by atoms with Crippen molar-refractivity contribution in [3.05, 3.63) is 53.6 Å². The zero-order valence-corrected chi connectivity index (χ0v) is 10.8. The second kappa shape index (κ2) is 5.44. The zero-order chi connectivity index (χ0) is 13.8. The van der Waals surface area contributed by atoms with Gasteiger partial charge in [-0.25, -0.2) is 0 Å². The molecule has 0 saturated carbocycles. The van der Waals surface area contributed by atoms with Gasteiger partial charge in [0.2, 0.25) is 0 Å². The largest absolute Gasteiger partial charge is 0.496 e. The molecular weight excluding hydrogens is 242 g/mol. The Morgan fingerprint density at radius 3 is 2.26 bits per heavy atom. The number of primary amides is 1. The summed E-state index contributed by atoms with van der Waals surface area (Å²) in [4.78, 5) is 11.3. The summed E-state index contributed by atoms with van der Waals surface area (Å²) in [6.07, 6.45) is 0. The third kappa shape index (κ3) is 3.04. The molecule has 0 spiro atoms. The average Bonchev–Trinajstić information content (AvgIpc) is 2.41. The van der Waals surface area contributed by atoms with Gasteiger partial charge in [-0.3, -0.25) is 4.79 Å². The Labute approximate surface area is 111 Å². The number of carbonyl (C=O) groups is 1. The number of amides is 1. The van der Waals surface area contributed by atoms with Crippen molar-refractivity contribution < 1.29 is 14.3 Å². The molecule has 2 aromatic rings. The van der Waals surface area contributed by atoms with E-state index >= 15 is 0 Å². The first-order valence-electron chi connectivity index (χ1n) is 5.82. The summed E-state index contributed by atoms with van der Waals surface area (Å²) in [5.74, 6) is 1.12. The van der Waals surface area contributed by atoms with Gasteiger partial charge >= 0.3 is 0 Å². The van der Waals surface area contributed by atoms with Crippen molar-refractivity contribution in [2.24, 2.45) is 5.73 Å². The smallest absolute Gasteiger partial charge is 0.252 e. The highest BCUT2D eigenvalue weighted by molar-refractivity contribution is 5.96. The number of hydrogen-bond acceptors (Lipinski definition) is 3. The van der Waals surface area contributed by atoms with Crippen LogP contribution in [0.3, 0.4) is 0 Å². The SMILES string of the molecule is COc1ccc(Oc2ccc(C)cc2)cc1C(N)=O. The maximum atomic E-state index is 11.3. The van der Waals surface area contributed by atoms with E-state index in [-0.39, 0.29) is 0 Å². The van der Waals surface area contributed by atoms with Crippen LogP contribution in [0.2, 0.25) is 0 Å². The van der Waals surface area contributed by atoms with Gasteiger partial charge in [0.15, 0.2) is 0 Å². The predicted molar refractivity (Wildman–Crippen MR) is 72.8 cm³/mol. The summed E-state index contributed by atoms with van der Waals surface area (Å²) in [5.41, 5.74) is 6.75. The lowest BCUT2D eigenvalue weighted by Gasteiger charge is -2.09. The van der Waals surface area contributed by atoms with Gasteiger partial charge < -0.3 is 15.2 Å². The van der Waals surface area contributed by atoms with Crippen molar-refractivity contribution in [2.75, 3.05) is 7.11 Å². The number of methoxy groups -OCH3 is 1. The van der Waals surface area contributed by atoms with Crippen molar-refractivity contribution in [2.45, 2.75) is 6.92 Å². The maximum absolute atomic E-state index is 11.3. The van der Waals surface area contributed by atoms with Gasteiger partial charge in [0.05, 0.1) is 12.7 Å². The molecule has 2 N–H and O–H groups in total. The monoisotopic (exact) mass is 257 g/mol. The van der Waals surface area contributed by atoms with Gasteiger partial charge in [-0.05, 0) is 37.3 Å². The molecule has 0 bridgehead atoms. The molecule has 19 heavy (non-hydrogen) atoms. The van der Waals surface area contributed by atoms with E-state index in [4.69, 9.17) is 15.2 Å². The van der Waals surface area contributed by atoms with Crippen molar-refractivity contribution in [3.8, 4) is 17.2 Å². The topological polar surface area (TPSA) is 61.6 Å².